The van der Waals surface area contributed by atoms with Crippen molar-refractivity contribution in [3.63, 3.8) is 0 Å². The van der Waals surface area contributed by atoms with Crippen LogP contribution >= 0.6 is 0 Å². The van der Waals surface area contributed by atoms with Gasteiger partial charge in [-0.05, 0) is 25.7 Å². The summed E-state index contributed by atoms with van der Waals surface area (Å²) in [5.41, 5.74) is 0.715. The molecule has 90 valence electrons. The summed E-state index contributed by atoms with van der Waals surface area (Å²) in [5.74, 6) is 0. The molecule has 0 bridgehead atoms. The molecule has 3 heteroatoms. The number of nitrogens with zero attached hydrogens (tertiary/aromatic N) is 1. The third-order valence-electron chi connectivity index (χ3n) is 2.80. The lowest BCUT2D eigenvalue weighted by Crippen LogP contribution is -2.20. The van der Waals surface area contributed by atoms with Gasteiger partial charge in [-0.1, -0.05) is 42.3 Å². The van der Waals surface area contributed by atoms with E-state index in [2.05, 4.69) is 11.2 Å². The molecule has 1 aliphatic carbocycles. The number of rotatable bonds is 1. The molecule has 1 rings (SSSR count). The lowest BCUT2D eigenvalue weighted by molar-refractivity contribution is 0.183. The van der Waals surface area contributed by atoms with Crippen LogP contribution in [0.1, 0.15) is 38.5 Å². The molecule has 0 amide bonds. The number of ether oxygens (including phenoxy) is 1. The average Bonchev–Trinajstić information content (AvgIpc) is 2.30. The summed E-state index contributed by atoms with van der Waals surface area (Å²) >= 11 is 0. The molecular weight excluding hydrogens is 202 g/mol. The Bertz CT molecular complexity index is 269. The predicted molar refractivity (Wildman–Crippen MR) is 66.0 cm³/mol. The summed E-state index contributed by atoms with van der Waals surface area (Å²) < 4.78 is 5.29. The Morgan fingerprint density at radius 1 is 1.25 bits per heavy atom. The van der Waals surface area contributed by atoms with Crippen molar-refractivity contribution in [2.24, 2.45) is 5.16 Å². The van der Waals surface area contributed by atoms with Gasteiger partial charge in [0.2, 0.25) is 0 Å². The van der Waals surface area contributed by atoms with E-state index in [-0.39, 0.29) is 6.10 Å². The first-order valence-electron chi connectivity index (χ1n) is 5.95. The quantitative estimate of drug-likeness (QED) is 0.547. The summed E-state index contributed by atoms with van der Waals surface area (Å²) in [6.45, 7) is 0. The summed E-state index contributed by atoms with van der Waals surface area (Å²) in [6, 6.07) is 0. The highest BCUT2D eigenvalue weighted by atomic mass is 16.5. The average molecular weight is 223 g/mol. The Kier molecular flexibility index (Phi) is 6.58. The van der Waals surface area contributed by atoms with Crippen molar-refractivity contribution in [3.05, 3.63) is 24.3 Å². The Morgan fingerprint density at radius 2 is 2.06 bits per heavy atom. The molecule has 0 aromatic heterocycles. The van der Waals surface area contributed by atoms with E-state index in [0.717, 1.165) is 19.3 Å². The van der Waals surface area contributed by atoms with Gasteiger partial charge in [-0.15, -0.1) is 0 Å². The minimum atomic E-state index is -0.200. The minimum absolute atomic E-state index is 0.200. The third-order valence-corrected chi connectivity index (χ3v) is 2.80. The summed E-state index contributed by atoms with van der Waals surface area (Å²) in [5, 5.41) is 12.3. The molecule has 0 aromatic carbocycles. The number of hydrogen-bond acceptors (Lipinski definition) is 3. The van der Waals surface area contributed by atoms with Gasteiger partial charge < -0.3 is 9.94 Å². The zero-order chi connectivity index (χ0) is 11.6. The summed E-state index contributed by atoms with van der Waals surface area (Å²) in [7, 11) is 1.63. The lowest BCUT2D eigenvalue weighted by atomic mass is 10.0. The van der Waals surface area contributed by atoms with Crippen LogP contribution in [-0.4, -0.2) is 24.1 Å². The van der Waals surface area contributed by atoms with Crippen molar-refractivity contribution in [2.75, 3.05) is 7.11 Å². The van der Waals surface area contributed by atoms with Gasteiger partial charge in [-0.2, -0.15) is 0 Å². The first kappa shape index (κ1) is 13.0. The van der Waals surface area contributed by atoms with E-state index >= 15 is 0 Å². The van der Waals surface area contributed by atoms with Gasteiger partial charge in [0.25, 0.3) is 0 Å². The van der Waals surface area contributed by atoms with Crippen LogP contribution in [-0.2, 0) is 4.74 Å². The second kappa shape index (κ2) is 8.11. The first-order valence-corrected chi connectivity index (χ1v) is 5.95. The lowest BCUT2D eigenvalue weighted by Gasteiger charge is -2.12. The van der Waals surface area contributed by atoms with Crippen LogP contribution in [0.25, 0.3) is 0 Å². The van der Waals surface area contributed by atoms with E-state index in [1.165, 1.54) is 19.3 Å². The highest BCUT2D eigenvalue weighted by Crippen LogP contribution is 2.11. The maximum Gasteiger partial charge on any atom is 0.117 e. The highest BCUT2D eigenvalue weighted by Gasteiger charge is 2.12. The Balaban J connectivity index is 2.67. The molecule has 3 nitrogen and oxygen atoms in total. The molecule has 0 radical (unpaired) electrons. The van der Waals surface area contributed by atoms with Gasteiger partial charge in [0.1, 0.15) is 6.10 Å². The predicted octanol–water partition coefficient (Wildman–Crippen LogP) is 3.30. The van der Waals surface area contributed by atoms with Crippen LogP contribution in [0.3, 0.4) is 0 Å². The van der Waals surface area contributed by atoms with Crippen LogP contribution in [0.2, 0.25) is 0 Å². The number of methoxy groups -OCH3 is 1. The van der Waals surface area contributed by atoms with E-state index < -0.39 is 0 Å². The molecule has 1 atom stereocenters. The van der Waals surface area contributed by atoms with Crippen molar-refractivity contribution in [1.29, 1.82) is 0 Å². The van der Waals surface area contributed by atoms with E-state index in [4.69, 9.17) is 9.94 Å². The SMILES string of the molecule is COC1C=CC=CCCCCCCC1=NO. The van der Waals surface area contributed by atoms with E-state index in [0.29, 0.717) is 5.71 Å². The van der Waals surface area contributed by atoms with Crippen molar-refractivity contribution >= 4 is 5.71 Å². The molecule has 0 aromatic rings. The fourth-order valence-corrected chi connectivity index (χ4v) is 1.84. The molecule has 16 heavy (non-hydrogen) atoms. The first-order chi connectivity index (χ1) is 7.88. The van der Waals surface area contributed by atoms with Crippen LogP contribution in [0.5, 0.6) is 0 Å². The third kappa shape index (κ3) is 4.62. The van der Waals surface area contributed by atoms with Gasteiger partial charge >= 0.3 is 0 Å². The van der Waals surface area contributed by atoms with Gasteiger partial charge in [0, 0.05) is 7.11 Å². The fourth-order valence-electron chi connectivity index (χ4n) is 1.84. The zero-order valence-electron chi connectivity index (χ0n) is 9.93. The Morgan fingerprint density at radius 3 is 2.81 bits per heavy atom. The van der Waals surface area contributed by atoms with E-state index in [1.807, 2.05) is 18.2 Å². The molecule has 0 fully saturated rings. The van der Waals surface area contributed by atoms with Gasteiger partial charge in [0.05, 0.1) is 5.71 Å². The van der Waals surface area contributed by atoms with Gasteiger partial charge in [0.15, 0.2) is 0 Å². The number of oxime groups is 1. The van der Waals surface area contributed by atoms with E-state index in [1.54, 1.807) is 7.11 Å². The smallest absolute Gasteiger partial charge is 0.117 e. The molecule has 0 saturated heterocycles. The standard InChI is InChI=1S/C13H21NO2/c1-16-13-11-9-7-5-3-2-4-6-8-10-12(13)14-15/h5,7,9,11,13,15H,2-4,6,8,10H2,1H3. The molecule has 0 saturated carbocycles. The Hall–Kier alpha value is -1.09. The second-order valence-corrected chi connectivity index (χ2v) is 4.01. The normalized spacial score (nSPS) is 26.3. The number of hydrogen-bond donors (Lipinski definition) is 1. The fraction of sp³-hybridized carbons (Fsp3) is 0.615. The maximum atomic E-state index is 8.95. The number of allylic oxidation sites excluding steroid dienone is 3. The van der Waals surface area contributed by atoms with Crippen LogP contribution in [0.15, 0.2) is 29.5 Å². The monoisotopic (exact) mass is 223 g/mol. The largest absolute Gasteiger partial charge is 0.411 e. The molecule has 0 spiro atoms. The summed E-state index contributed by atoms with van der Waals surface area (Å²) in [4.78, 5) is 0. The van der Waals surface area contributed by atoms with E-state index in [9.17, 15) is 0 Å². The Labute approximate surface area is 97.5 Å². The molecule has 1 N–H and O–H groups in total. The van der Waals surface area contributed by atoms with Crippen molar-refractivity contribution in [3.8, 4) is 0 Å². The van der Waals surface area contributed by atoms with Gasteiger partial charge in [-0.25, -0.2) is 0 Å². The van der Waals surface area contributed by atoms with Crippen LogP contribution in [0, 0.1) is 0 Å². The van der Waals surface area contributed by atoms with Crippen molar-refractivity contribution in [2.45, 2.75) is 44.6 Å². The van der Waals surface area contributed by atoms with Crippen LogP contribution < -0.4 is 0 Å². The van der Waals surface area contributed by atoms with Crippen molar-refractivity contribution in [1.82, 2.24) is 0 Å². The molecule has 1 unspecified atom stereocenters. The molecule has 0 heterocycles. The molecular formula is C13H21NO2. The maximum absolute atomic E-state index is 8.95. The zero-order valence-corrected chi connectivity index (χ0v) is 9.93. The highest BCUT2D eigenvalue weighted by molar-refractivity contribution is 5.89. The topological polar surface area (TPSA) is 41.8 Å². The van der Waals surface area contributed by atoms with Crippen molar-refractivity contribution < 1.29 is 9.94 Å². The van der Waals surface area contributed by atoms with Gasteiger partial charge in [-0.3, -0.25) is 0 Å². The molecule has 0 aliphatic heterocycles. The molecule has 1 aliphatic rings. The van der Waals surface area contributed by atoms with Crippen LogP contribution in [0.4, 0.5) is 0 Å². The second-order valence-electron chi connectivity index (χ2n) is 4.01. The summed E-state index contributed by atoms with van der Waals surface area (Å²) in [6.07, 6.45) is 14.6. The minimum Gasteiger partial charge on any atom is -0.411 e.